The maximum atomic E-state index is 9.44. The highest BCUT2D eigenvalue weighted by Gasteiger charge is 1.92. The predicted octanol–water partition coefficient (Wildman–Crippen LogP) is -0.866. The van der Waals surface area contributed by atoms with Gasteiger partial charge in [0.15, 0.2) is 6.29 Å². The molecule has 4 nitrogen and oxygen atoms in total. The Kier molecular flexibility index (Phi) is 9.90. The molecule has 0 radical (unpaired) electrons. The summed E-state index contributed by atoms with van der Waals surface area (Å²) in [6.45, 7) is 2.57. The molecule has 0 aliphatic carbocycles. The van der Waals surface area contributed by atoms with E-state index >= 15 is 0 Å². The normalized spacial score (nSPS) is 10.8. The number of aliphatic hydroxyl groups excluding tert-OH is 2. The quantitative estimate of drug-likeness (QED) is 0.499. The predicted molar refractivity (Wildman–Crippen MR) is 35.5 cm³/mol. The largest absolute Gasteiger partial charge is 0.393 e. The Bertz CT molecular complexity index is 95.9. The zero-order valence-electron chi connectivity index (χ0n) is 6.07. The van der Waals surface area contributed by atoms with Crippen LogP contribution in [0, 0.1) is 0 Å². The molecule has 0 saturated carbocycles. The monoisotopic (exact) mass is 148 g/mol. The van der Waals surface area contributed by atoms with Gasteiger partial charge in [0.05, 0.1) is 6.61 Å². The van der Waals surface area contributed by atoms with Gasteiger partial charge < -0.3 is 19.8 Å². The molecule has 0 amide bonds. The van der Waals surface area contributed by atoms with E-state index in [1.807, 2.05) is 0 Å². The molecule has 0 unspecified atom stereocenters. The van der Waals surface area contributed by atoms with Crippen molar-refractivity contribution in [2.75, 3.05) is 6.61 Å². The van der Waals surface area contributed by atoms with Gasteiger partial charge in [0, 0.05) is 0 Å². The number of rotatable bonds is 2. The molecular weight excluding hydrogens is 136 g/mol. The topological polar surface area (TPSA) is 74.6 Å². The first-order chi connectivity index (χ1) is 4.54. The van der Waals surface area contributed by atoms with Crippen LogP contribution in [0.2, 0.25) is 0 Å². The van der Waals surface area contributed by atoms with E-state index in [0.29, 0.717) is 0 Å². The summed E-state index contributed by atoms with van der Waals surface area (Å²) in [5, 5.41) is 15.9. The lowest BCUT2D eigenvalue weighted by molar-refractivity contribution is -0.116. The van der Waals surface area contributed by atoms with Crippen LogP contribution in [-0.2, 0) is 9.59 Å². The molecule has 0 heterocycles. The molecule has 0 bridgehead atoms. The van der Waals surface area contributed by atoms with Gasteiger partial charge in [-0.05, 0) is 13.8 Å². The number of aldehydes is 1. The molecular formula is C6H12O4. The fraction of sp³-hybridized carbons (Fsp3) is 0.667. The molecule has 0 aromatic heterocycles. The van der Waals surface area contributed by atoms with Gasteiger partial charge in [0.1, 0.15) is 11.9 Å². The minimum Gasteiger partial charge on any atom is -0.393 e. The molecule has 4 heteroatoms. The first-order valence-electron chi connectivity index (χ1n) is 2.76. The van der Waals surface area contributed by atoms with E-state index in [1.165, 1.54) is 13.8 Å². The lowest BCUT2D eigenvalue weighted by atomic mass is 10.4. The third-order valence-electron chi connectivity index (χ3n) is 0.344. The van der Waals surface area contributed by atoms with Crippen LogP contribution in [0.25, 0.3) is 0 Å². The van der Waals surface area contributed by atoms with E-state index in [-0.39, 0.29) is 12.1 Å². The standard InChI is InChI=1S/C3H6O3.C3H6O/c4-1-3(6)2-5;1-3(2)4/h1,3,5-6H,2H2;1-2H3/t3-;/m1./s1. The van der Waals surface area contributed by atoms with Gasteiger partial charge in [-0.1, -0.05) is 0 Å². The Labute approximate surface area is 59.5 Å². The minimum absolute atomic E-state index is 0.167. The summed E-state index contributed by atoms with van der Waals surface area (Å²) in [6.07, 6.45) is -0.912. The molecule has 10 heavy (non-hydrogen) atoms. The Morgan fingerprint density at radius 2 is 1.90 bits per heavy atom. The van der Waals surface area contributed by atoms with Crippen LogP contribution in [0.3, 0.4) is 0 Å². The maximum Gasteiger partial charge on any atom is 0.150 e. The first kappa shape index (κ1) is 12.0. The summed E-state index contributed by atoms with van der Waals surface area (Å²) in [5.41, 5.74) is 0. The van der Waals surface area contributed by atoms with Crippen LogP contribution in [0.1, 0.15) is 13.8 Å². The molecule has 0 rings (SSSR count). The Hall–Kier alpha value is -0.740. The summed E-state index contributed by atoms with van der Waals surface area (Å²) in [7, 11) is 0. The van der Waals surface area contributed by atoms with Gasteiger partial charge >= 0.3 is 0 Å². The van der Waals surface area contributed by atoms with Crippen molar-refractivity contribution in [3.8, 4) is 0 Å². The minimum atomic E-state index is -1.19. The van der Waals surface area contributed by atoms with E-state index in [0.717, 1.165) is 0 Å². The van der Waals surface area contributed by atoms with Crippen molar-refractivity contribution in [3.63, 3.8) is 0 Å². The molecule has 1 atom stereocenters. The lowest BCUT2D eigenvalue weighted by Gasteiger charge is -1.89. The van der Waals surface area contributed by atoms with Gasteiger partial charge in [-0.15, -0.1) is 0 Å². The molecule has 60 valence electrons. The van der Waals surface area contributed by atoms with Gasteiger partial charge in [-0.2, -0.15) is 0 Å². The Morgan fingerprint density at radius 1 is 1.60 bits per heavy atom. The molecule has 0 aromatic carbocycles. The van der Waals surface area contributed by atoms with Crippen LogP contribution in [0.4, 0.5) is 0 Å². The first-order valence-corrected chi connectivity index (χ1v) is 2.76. The van der Waals surface area contributed by atoms with Crippen LogP contribution in [-0.4, -0.2) is 35.0 Å². The lowest BCUT2D eigenvalue weighted by Crippen LogP contribution is -2.12. The van der Waals surface area contributed by atoms with Crippen molar-refractivity contribution in [2.24, 2.45) is 0 Å². The van der Waals surface area contributed by atoms with Crippen molar-refractivity contribution < 1.29 is 19.8 Å². The highest BCUT2D eigenvalue weighted by Crippen LogP contribution is 1.66. The number of aliphatic hydroxyl groups is 2. The van der Waals surface area contributed by atoms with Gasteiger partial charge in [0.25, 0.3) is 0 Å². The molecule has 2 N–H and O–H groups in total. The summed E-state index contributed by atoms with van der Waals surface area (Å²) in [6, 6.07) is 0. The van der Waals surface area contributed by atoms with E-state index in [1.54, 1.807) is 0 Å². The molecule has 0 spiro atoms. The number of hydrogen-bond acceptors (Lipinski definition) is 4. The molecule has 0 saturated heterocycles. The summed E-state index contributed by atoms with van der Waals surface area (Å²) < 4.78 is 0. The zero-order chi connectivity index (χ0) is 8.57. The van der Waals surface area contributed by atoms with E-state index in [4.69, 9.17) is 10.2 Å². The average Bonchev–Trinajstić information content (AvgIpc) is 1.85. The number of carbonyl (C=O) groups is 2. The highest BCUT2D eigenvalue weighted by molar-refractivity contribution is 5.72. The van der Waals surface area contributed by atoms with Crippen LogP contribution in [0.15, 0.2) is 0 Å². The summed E-state index contributed by atoms with van der Waals surface area (Å²) >= 11 is 0. The summed E-state index contributed by atoms with van der Waals surface area (Å²) in [4.78, 5) is 18.8. The fourth-order valence-electron chi connectivity index (χ4n) is 0.0430. The second-order valence-corrected chi connectivity index (χ2v) is 1.79. The van der Waals surface area contributed by atoms with Crippen molar-refractivity contribution in [2.45, 2.75) is 20.0 Å². The van der Waals surface area contributed by atoms with E-state index in [2.05, 4.69) is 0 Å². The number of carbonyl (C=O) groups excluding carboxylic acids is 2. The summed E-state index contributed by atoms with van der Waals surface area (Å²) in [5.74, 6) is 0.167. The van der Waals surface area contributed by atoms with Crippen molar-refractivity contribution in [3.05, 3.63) is 0 Å². The van der Waals surface area contributed by atoms with E-state index < -0.39 is 12.7 Å². The van der Waals surface area contributed by atoms with Crippen LogP contribution in [0.5, 0.6) is 0 Å². The third-order valence-corrected chi connectivity index (χ3v) is 0.344. The Morgan fingerprint density at radius 3 is 1.90 bits per heavy atom. The SMILES string of the molecule is CC(C)=O.O=C[C@@H](O)CO. The van der Waals surface area contributed by atoms with Crippen molar-refractivity contribution in [1.82, 2.24) is 0 Å². The van der Waals surface area contributed by atoms with Gasteiger partial charge in [-0.25, -0.2) is 0 Å². The van der Waals surface area contributed by atoms with Gasteiger partial charge in [-0.3, -0.25) is 0 Å². The molecule has 0 fully saturated rings. The van der Waals surface area contributed by atoms with Gasteiger partial charge in [0.2, 0.25) is 0 Å². The average molecular weight is 148 g/mol. The van der Waals surface area contributed by atoms with Crippen LogP contribution >= 0.6 is 0 Å². The van der Waals surface area contributed by atoms with Crippen LogP contribution < -0.4 is 0 Å². The second-order valence-electron chi connectivity index (χ2n) is 1.79. The van der Waals surface area contributed by atoms with E-state index in [9.17, 15) is 9.59 Å². The number of hydrogen-bond donors (Lipinski definition) is 2. The third kappa shape index (κ3) is 26.8. The molecule has 0 aromatic rings. The Balaban J connectivity index is 0. The number of ketones is 1. The highest BCUT2D eigenvalue weighted by atomic mass is 16.3. The second kappa shape index (κ2) is 8.26. The smallest absolute Gasteiger partial charge is 0.150 e. The maximum absolute atomic E-state index is 9.44. The molecule has 0 aliphatic heterocycles. The van der Waals surface area contributed by atoms with Crippen molar-refractivity contribution in [1.29, 1.82) is 0 Å². The van der Waals surface area contributed by atoms with Crippen molar-refractivity contribution >= 4 is 12.1 Å². The molecule has 0 aliphatic rings. The fourth-order valence-corrected chi connectivity index (χ4v) is 0.0430. The number of Topliss-reactive ketones (excluding diaryl/α,β-unsaturated/α-hetero) is 1. The zero-order valence-corrected chi connectivity index (χ0v) is 6.07.